The highest BCUT2D eigenvalue weighted by atomic mass is 79.9. The van der Waals surface area contributed by atoms with Crippen LogP contribution in [0.2, 0.25) is 0 Å². The molecule has 1 aliphatic rings. The van der Waals surface area contributed by atoms with Crippen LogP contribution in [0, 0.1) is 11.8 Å². The highest BCUT2D eigenvalue weighted by molar-refractivity contribution is 9.13. The molecule has 1 saturated heterocycles. The molecule has 2 aromatic rings. The number of piperidine rings is 1. The van der Waals surface area contributed by atoms with Crippen molar-refractivity contribution in [1.82, 2.24) is 9.13 Å². The van der Waals surface area contributed by atoms with Crippen molar-refractivity contribution in [2.45, 2.75) is 38.9 Å². The van der Waals surface area contributed by atoms with Gasteiger partial charge >= 0.3 is 5.69 Å². The smallest absolute Gasteiger partial charge is 0.333 e. The molecule has 1 fully saturated rings. The topological polar surface area (TPSA) is 91.7 Å². The summed E-state index contributed by atoms with van der Waals surface area (Å²) in [7, 11) is 3.05. The van der Waals surface area contributed by atoms with Crippen LogP contribution in [0.4, 0.5) is 5.82 Å². The summed E-state index contributed by atoms with van der Waals surface area (Å²) in [5.74, 6) is 7.26. The van der Waals surface area contributed by atoms with E-state index >= 15 is 0 Å². The van der Waals surface area contributed by atoms with Gasteiger partial charge in [0.2, 0.25) is 0 Å². The maximum atomic E-state index is 13.5. The molecule has 0 bridgehead atoms. The summed E-state index contributed by atoms with van der Waals surface area (Å²) in [6.45, 7) is 3.22. The monoisotopic (exact) mass is 646 g/mol. The van der Waals surface area contributed by atoms with Crippen LogP contribution < -0.4 is 31.4 Å². The van der Waals surface area contributed by atoms with Crippen LogP contribution in [0.15, 0.2) is 29.1 Å². The van der Waals surface area contributed by atoms with Gasteiger partial charge in [-0.25, -0.2) is 4.79 Å². The molecule has 1 aromatic heterocycles. The maximum Gasteiger partial charge on any atom is 0.333 e. The number of ether oxygens (including phenoxy) is 2. The number of hydrogen-bond acceptors (Lipinski definition) is 6. The molecular weight excluding hydrogens is 624 g/mol. The standard InChI is InChI=1S/C22H25Br3N4O4/c1-4-5-9-28-15(27-8-6-7-13(26)11-27)10-16(30)29(22(28)31)12-14-17(23)19(25)21(33-3)20(32-2)18(14)24/h10,13H,6-9,11-12,26H2,1-3H3/t13-/m1/s1. The Labute approximate surface area is 217 Å². The Bertz CT molecular complexity index is 1230. The van der Waals surface area contributed by atoms with E-state index in [-0.39, 0.29) is 19.1 Å². The second kappa shape index (κ2) is 11.1. The zero-order valence-electron chi connectivity index (χ0n) is 18.6. The molecule has 2 N–H and O–H groups in total. The minimum atomic E-state index is -0.441. The molecule has 1 aliphatic heterocycles. The van der Waals surface area contributed by atoms with E-state index < -0.39 is 11.2 Å². The van der Waals surface area contributed by atoms with Crippen LogP contribution in [0.5, 0.6) is 11.5 Å². The third kappa shape index (κ3) is 5.19. The van der Waals surface area contributed by atoms with E-state index in [1.54, 1.807) is 6.92 Å². The van der Waals surface area contributed by atoms with Crippen molar-refractivity contribution >= 4 is 53.6 Å². The molecule has 1 atom stereocenters. The number of nitrogens with zero attached hydrogens (tertiary/aromatic N) is 3. The number of rotatable bonds is 6. The lowest BCUT2D eigenvalue weighted by atomic mass is 10.1. The summed E-state index contributed by atoms with van der Waals surface area (Å²) in [5, 5.41) is 0. The highest BCUT2D eigenvalue weighted by Crippen LogP contribution is 2.48. The van der Waals surface area contributed by atoms with Crippen molar-refractivity contribution in [3.63, 3.8) is 0 Å². The summed E-state index contributed by atoms with van der Waals surface area (Å²) >= 11 is 10.6. The van der Waals surface area contributed by atoms with E-state index in [1.807, 2.05) is 4.90 Å². The zero-order chi connectivity index (χ0) is 24.3. The van der Waals surface area contributed by atoms with Crippen molar-refractivity contribution in [3.8, 4) is 23.3 Å². The predicted molar refractivity (Wildman–Crippen MR) is 140 cm³/mol. The molecule has 0 radical (unpaired) electrons. The second-order valence-corrected chi connectivity index (χ2v) is 9.94. The van der Waals surface area contributed by atoms with Crippen LogP contribution in [-0.2, 0) is 13.1 Å². The third-order valence-corrected chi connectivity index (χ3v) is 8.51. The Morgan fingerprint density at radius 2 is 1.76 bits per heavy atom. The van der Waals surface area contributed by atoms with Crippen LogP contribution >= 0.6 is 47.8 Å². The summed E-state index contributed by atoms with van der Waals surface area (Å²) in [6, 6.07) is 1.49. The van der Waals surface area contributed by atoms with Gasteiger partial charge in [0.15, 0.2) is 11.5 Å². The molecule has 0 spiro atoms. The summed E-state index contributed by atoms with van der Waals surface area (Å²) in [5.41, 5.74) is 5.95. The van der Waals surface area contributed by atoms with Gasteiger partial charge in [0.25, 0.3) is 5.56 Å². The van der Waals surface area contributed by atoms with Gasteiger partial charge in [-0.1, -0.05) is 5.92 Å². The molecule has 0 amide bonds. The van der Waals surface area contributed by atoms with Crippen LogP contribution in [0.25, 0.3) is 0 Å². The zero-order valence-corrected chi connectivity index (χ0v) is 23.3. The number of hydrogen-bond donors (Lipinski definition) is 1. The lowest BCUT2D eigenvalue weighted by Gasteiger charge is -2.33. The molecule has 178 valence electrons. The van der Waals surface area contributed by atoms with E-state index in [0.29, 0.717) is 42.8 Å². The van der Waals surface area contributed by atoms with Gasteiger partial charge in [-0.3, -0.25) is 13.9 Å². The van der Waals surface area contributed by atoms with Crippen LogP contribution in [-0.4, -0.2) is 42.5 Å². The van der Waals surface area contributed by atoms with Gasteiger partial charge in [-0.2, -0.15) is 0 Å². The molecule has 0 saturated carbocycles. The normalized spacial score (nSPS) is 15.7. The first-order valence-corrected chi connectivity index (χ1v) is 12.6. The minimum Gasteiger partial charge on any atom is -0.492 e. The maximum absolute atomic E-state index is 13.5. The third-order valence-electron chi connectivity index (χ3n) is 5.50. The second-order valence-electron chi connectivity index (χ2n) is 7.56. The largest absolute Gasteiger partial charge is 0.492 e. The molecule has 2 heterocycles. The number of benzene rings is 1. The Kier molecular flexibility index (Phi) is 8.72. The Morgan fingerprint density at radius 1 is 1.09 bits per heavy atom. The number of aromatic nitrogens is 2. The predicted octanol–water partition coefficient (Wildman–Crippen LogP) is 3.31. The fourth-order valence-corrected chi connectivity index (χ4v) is 5.88. The lowest BCUT2D eigenvalue weighted by molar-refractivity contribution is 0.350. The molecular formula is C22H25Br3N4O4. The van der Waals surface area contributed by atoms with E-state index in [1.165, 1.54) is 29.4 Å². The van der Waals surface area contributed by atoms with Crippen molar-refractivity contribution < 1.29 is 9.47 Å². The van der Waals surface area contributed by atoms with Gasteiger partial charge < -0.3 is 20.1 Å². The number of halogens is 3. The average molecular weight is 649 g/mol. The summed E-state index contributed by atoms with van der Waals surface area (Å²) in [4.78, 5) is 28.7. The molecule has 0 aliphatic carbocycles. The van der Waals surface area contributed by atoms with Crippen molar-refractivity contribution in [2.24, 2.45) is 5.73 Å². The van der Waals surface area contributed by atoms with E-state index in [4.69, 9.17) is 15.2 Å². The fraction of sp³-hybridized carbons (Fsp3) is 0.455. The van der Waals surface area contributed by atoms with E-state index in [2.05, 4.69) is 59.6 Å². The van der Waals surface area contributed by atoms with Crippen molar-refractivity contribution in [2.75, 3.05) is 32.2 Å². The fourth-order valence-electron chi connectivity index (χ4n) is 3.86. The van der Waals surface area contributed by atoms with E-state index in [0.717, 1.165) is 19.4 Å². The van der Waals surface area contributed by atoms with Crippen LogP contribution in [0.3, 0.4) is 0 Å². The number of anilines is 1. The molecule has 11 heteroatoms. The van der Waals surface area contributed by atoms with Gasteiger partial charge in [-0.15, -0.1) is 5.92 Å². The first-order chi connectivity index (χ1) is 15.7. The van der Waals surface area contributed by atoms with Crippen molar-refractivity contribution in [1.29, 1.82) is 0 Å². The average Bonchev–Trinajstić information content (AvgIpc) is 2.79. The Hall–Kier alpha value is -1.74. The Balaban J connectivity index is 2.17. The van der Waals surface area contributed by atoms with Crippen molar-refractivity contribution in [3.05, 3.63) is 45.9 Å². The lowest BCUT2D eigenvalue weighted by Crippen LogP contribution is -2.48. The number of nitrogens with two attached hydrogens (primary N) is 1. The molecule has 3 rings (SSSR count). The number of methoxy groups -OCH3 is 2. The molecule has 33 heavy (non-hydrogen) atoms. The quantitative estimate of drug-likeness (QED) is 0.382. The summed E-state index contributed by atoms with van der Waals surface area (Å²) in [6.07, 6.45) is 1.82. The van der Waals surface area contributed by atoms with Gasteiger partial charge in [-0.05, 0) is 67.6 Å². The summed E-state index contributed by atoms with van der Waals surface area (Å²) < 4.78 is 15.5. The first-order valence-electron chi connectivity index (χ1n) is 10.3. The molecule has 8 nitrogen and oxygen atoms in total. The first kappa shape index (κ1) is 25.9. The molecule has 0 unspecified atom stereocenters. The van der Waals surface area contributed by atoms with Gasteiger partial charge in [0, 0.05) is 35.2 Å². The SMILES string of the molecule is CC#CCn1c(N2CCC[C@@H](N)C2)cc(=O)n(Cc2c(Br)c(Br)c(OC)c(OC)c2Br)c1=O. The Morgan fingerprint density at radius 3 is 2.36 bits per heavy atom. The van der Waals surface area contributed by atoms with E-state index in [9.17, 15) is 9.59 Å². The minimum absolute atomic E-state index is 0.00184. The molecule has 1 aromatic carbocycles. The highest BCUT2D eigenvalue weighted by Gasteiger charge is 2.25. The van der Waals surface area contributed by atoms with Gasteiger partial charge in [0.1, 0.15) is 5.82 Å². The van der Waals surface area contributed by atoms with Crippen LogP contribution in [0.1, 0.15) is 25.3 Å². The van der Waals surface area contributed by atoms with Gasteiger partial charge in [0.05, 0.1) is 36.3 Å².